The number of nitrogens with one attached hydrogen (secondary N) is 1. The van der Waals surface area contributed by atoms with Gasteiger partial charge in [-0.1, -0.05) is 30.5 Å². The minimum atomic E-state index is -0.662. The lowest BCUT2D eigenvalue weighted by Crippen LogP contribution is -2.55. The van der Waals surface area contributed by atoms with Crippen molar-refractivity contribution in [2.24, 2.45) is 0 Å². The first-order valence-electron chi connectivity index (χ1n) is 7.72. The maximum absolute atomic E-state index is 13.1. The average molecular weight is 286 g/mol. The van der Waals surface area contributed by atoms with Gasteiger partial charge in [-0.05, 0) is 38.3 Å². The minimum Gasteiger partial charge on any atom is -0.342 e. The van der Waals surface area contributed by atoms with E-state index in [1.54, 1.807) is 0 Å². The predicted molar refractivity (Wildman–Crippen MR) is 82.2 cm³/mol. The first-order valence-corrected chi connectivity index (χ1v) is 7.72. The van der Waals surface area contributed by atoms with E-state index < -0.39 is 5.54 Å². The second kappa shape index (κ2) is 5.17. The molecule has 1 heterocycles. The van der Waals surface area contributed by atoms with Gasteiger partial charge in [0.2, 0.25) is 5.91 Å². The Balaban J connectivity index is 2.00. The van der Waals surface area contributed by atoms with Gasteiger partial charge in [-0.2, -0.15) is 0 Å². The Kier molecular flexibility index (Phi) is 3.47. The first kappa shape index (κ1) is 14.1. The largest absolute Gasteiger partial charge is 0.342 e. The van der Waals surface area contributed by atoms with Gasteiger partial charge in [0, 0.05) is 18.7 Å². The van der Waals surface area contributed by atoms with E-state index in [1.165, 1.54) is 5.56 Å². The van der Waals surface area contributed by atoms with Crippen molar-refractivity contribution in [3.8, 4) is 0 Å². The van der Waals surface area contributed by atoms with Crippen molar-refractivity contribution >= 4 is 17.5 Å². The Morgan fingerprint density at radius 2 is 1.86 bits per heavy atom. The number of aryl methyl sites for hydroxylation is 2. The van der Waals surface area contributed by atoms with Crippen molar-refractivity contribution < 1.29 is 9.59 Å². The number of hydrogen-bond acceptors (Lipinski definition) is 2. The Labute approximate surface area is 125 Å². The highest BCUT2D eigenvalue weighted by Crippen LogP contribution is 2.35. The van der Waals surface area contributed by atoms with Crippen molar-refractivity contribution in [1.82, 2.24) is 5.32 Å². The van der Waals surface area contributed by atoms with Crippen molar-refractivity contribution in [2.45, 2.75) is 51.5 Å². The fraction of sp³-hybridized carbons (Fsp3) is 0.529. The molecule has 112 valence electrons. The number of hydrogen-bond donors (Lipinski definition) is 1. The van der Waals surface area contributed by atoms with E-state index in [2.05, 4.69) is 11.4 Å². The topological polar surface area (TPSA) is 49.4 Å². The van der Waals surface area contributed by atoms with E-state index in [0.29, 0.717) is 13.0 Å². The molecule has 0 atom stereocenters. The molecule has 4 nitrogen and oxygen atoms in total. The van der Waals surface area contributed by atoms with Crippen LogP contribution in [0.15, 0.2) is 18.2 Å². The van der Waals surface area contributed by atoms with Crippen LogP contribution in [0.3, 0.4) is 0 Å². The Morgan fingerprint density at radius 1 is 1.14 bits per heavy atom. The summed E-state index contributed by atoms with van der Waals surface area (Å²) in [4.78, 5) is 26.9. The van der Waals surface area contributed by atoms with Gasteiger partial charge in [0.1, 0.15) is 5.54 Å². The molecule has 1 saturated carbocycles. The maximum Gasteiger partial charge on any atom is 0.252 e. The molecule has 1 aromatic rings. The molecule has 0 radical (unpaired) electrons. The van der Waals surface area contributed by atoms with E-state index in [-0.39, 0.29) is 11.8 Å². The van der Waals surface area contributed by atoms with Gasteiger partial charge in [0.05, 0.1) is 0 Å². The number of benzene rings is 1. The van der Waals surface area contributed by atoms with Gasteiger partial charge in [0.15, 0.2) is 0 Å². The summed E-state index contributed by atoms with van der Waals surface area (Å²) in [6.45, 7) is 4.54. The Morgan fingerprint density at radius 3 is 2.52 bits per heavy atom. The molecule has 2 amide bonds. The van der Waals surface area contributed by atoms with Crippen molar-refractivity contribution in [1.29, 1.82) is 0 Å². The molecule has 0 aromatic heterocycles. The lowest BCUT2D eigenvalue weighted by molar-refractivity contribution is -0.129. The molecule has 1 aliphatic heterocycles. The second-order valence-electron chi connectivity index (χ2n) is 6.33. The number of carbonyl (C=O) groups excluding carboxylic acids is 2. The minimum absolute atomic E-state index is 0.00230. The number of anilines is 1. The van der Waals surface area contributed by atoms with Gasteiger partial charge < -0.3 is 10.2 Å². The third kappa shape index (κ3) is 2.43. The number of rotatable bonds is 1. The highest BCUT2D eigenvalue weighted by molar-refractivity contribution is 6.04. The van der Waals surface area contributed by atoms with Crippen LogP contribution in [0.4, 0.5) is 5.69 Å². The lowest BCUT2D eigenvalue weighted by Gasteiger charge is -2.32. The molecule has 1 saturated heterocycles. The summed E-state index contributed by atoms with van der Waals surface area (Å²) in [7, 11) is 0. The summed E-state index contributed by atoms with van der Waals surface area (Å²) < 4.78 is 0. The molecule has 1 aliphatic carbocycles. The van der Waals surface area contributed by atoms with Gasteiger partial charge in [-0.25, -0.2) is 0 Å². The molecule has 1 aromatic carbocycles. The normalized spacial score (nSPS) is 21.5. The summed E-state index contributed by atoms with van der Waals surface area (Å²) in [6.07, 6.45) is 3.91. The Hall–Kier alpha value is -1.84. The monoisotopic (exact) mass is 286 g/mol. The molecular weight excluding hydrogens is 264 g/mol. The van der Waals surface area contributed by atoms with Crippen molar-refractivity contribution in [3.63, 3.8) is 0 Å². The van der Waals surface area contributed by atoms with Crippen LogP contribution in [0.25, 0.3) is 0 Å². The summed E-state index contributed by atoms with van der Waals surface area (Å²) in [6, 6.07) is 6.11. The molecule has 0 bridgehead atoms. The van der Waals surface area contributed by atoms with Crippen LogP contribution in [0.2, 0.25) is 0 Å². The molecule has 1 spiro atoms. The van der Waals surface area contributed by atoms with Crippen LogP contribution in [0, 0.1) is 13.8 Å². The summed E-state index contributed by atoms with van der Waals surface area (Å²) in [5.41, 5.74) is 2.55. The highest BCUT2D eigenvalue weighted by atomic mass is 16.2. The van der Waals surface area contributed by atoms with E-state index in [1.807, 2.05) is 30.9 Å². The van der Waals surface area contributed by atoms with Gasteiger partial charge in [0.25, 0.3) is 5.91 Å². The van der Waals surface area contributed by atoms with E-state index in [9.17, 15) is 9.59 Å². The van der Waals surface area contributed by atoms with Gasteiger partial charge in [-0.15, -0.1) is 0 Å². The van der Waals surface area contributed by atoms with Crippen molar-refractivity contribution in [3.05, 3.63) is 29.3 Å². The molecule has 21 heavy (non-hydrogen) atoms. The van der Waals surface area contributed by atoms with Crippen LogP contribution < -0.4 is 10.2 Å². The zero-order valence-corrected chi connectivity index (χ0v) is 12.7. The summed E-state index contributed by atoms with van der Waals surface area (Å²) in [5.74, 6) is 0.0651. The van der Waals surface area contributed by atoms with E-state index in [0.717, 1.165) is 36.9 Å². The summed E-state index contributed by atoms with van der Waals surface area (Å²) >= 11 is 0. The maximum atomic E-state index is 13.1. The average Bonchev–Trinajstić information content (AvgIpc) is 2.85. The summed E-state index contributed by atoms with van der Waals surface area (Å²) in [5, 5.41) is 3.00. The third-order valence-corrected chi connectivity index (χ3v) is 4.70. The fourth-order valence-electron chi connectivity index (χ4n) is 3.61. The lowest BCUT2D eigenvalue weighted by atomic mass is 9.95. The predicted octanol–water partition coefficient (Wildman–Crippen LogP) is 2.47. The van der Waals surface area contributed by atoms with Crippen LogP contribution in [0.1, 0.15) is 43.2 Å². The Bertz CT molecular complexity index is 588. The van der Waals surface area contributed by atoms with Crippen LogP contribution in [-0.4, -0.2) is 23.9 Å². The molecule has 3 rings (SSSR count). The third-order valence-electron chi connectivity index (χ3n) is 4.70. The number of nitrogens with zero attached hydrogens (tertiary/aromatic N) is 1. The standard InChI is InChI=1S/C17H22N2O2/c1-12-5-6-14(13(2)11-12)19-10-7-15(20)18-17(16(19)21)8-3-4-9-17/h5-6,11H,3-4,7-10H2,1-2H3,(H,18,20). The van der Waals surface area contributed by atoms with Crippen molar-refractivity contribution in [2.75, 3.05) is 11.4 Å². The molecule has 2 fully saturated rings. The zero-order chi connectivity index (χ0) is 15.0. The zero-order valence-electron chi connectivity index (χ0n) is 12.7. The quantitative estimate of drug-likeness (QED) is 0.862. The number of amides is 2. The van der Waals surface area contributed by atoms with Crippen LogP contribution in [-0.2, 0) is 9.59 Å². The SMILES string of the molecule is Cc1ccc(N2CCC(=O)NC3(CCCC3)C2=O)c(C)c1. The molecule has 0 unspecified atom stereocenters. The molecule has 2 aliphatic rings. The van der Waals surface area contributed by atoms with Gasteiger partial charge >= 0.3 is 0 Å². The van der Waals surface area contributed by atoms with E-state index >= 15 is 0 Å². The molecule has 4 heteroatoms. The second-order valence-corrected chi connectivity index (χ2v) is 6.33. The fourth-order valence-corrected chi connectivity index (χ4v) is 3.61. The first-order chi connectivity index (χ1) is 10.0. The van der Waals surface area contributed by atoms with Crippen LogP contribution in [0.5, 0.6) is 0 Å². The molecular formula is C17H22N2O2. The highest BCUT2D eigenvalue weighted by Gasteiger charge is 2.46. The number of carbonyl (C=O) groups is 2. The molecule has 1 N–H and O–H groups in total. The van der Waals surface area contributed by atoms with E-state index in [4.69, 9.17) is 0 Å². The van der Waals surface area contributed by atoms with Gasteiger partial charge in [-0.3, -0.25) is 9.59 Å². The smallest absolute Gasteiger partial charge is 0.252 e. The van der Waals surface area contributed by atoms with Crippen LogP contribution >= 0.6 is 0 Å².